The summed E-state index contributed by atoms with van der Waals surface area (Å²) in [4.78, 5) is 28.8. The van der Waals surface area contributed by atoms with Crippen molar-refractivity contribution in [3.8, 4) is 0 Å². The van der Waals surface area contributed by atoms with Crippen molar-refractivity contribution in [3.63, 3.8) is 0 Å². The van der Waals surface area contributed by atoms with Crippen LogP contribution in [0.4, 0.5) is 0 Å². The van der Waals surface area contributed by atoms with Crippen LogP contribution in [0.15, 0.2) is 29.3 Å². The molecule has 2 saturated carbocycles. The Balaban J connectivity index is 1.59. The van der Waals surface area contributed by atoms with Gasteiger partial charge in [-0.3, -0.25) is 14.6 Å². The number of hydrogen-bond acceptors (Lipinski definition) is 4. The topological polar surface area (TPSA) is 84.6 Å². The molecule has 1 aliphatic heterocycles. The van der Waals surface area contributed by atoms with Crippen LogP contribution in [0.25, 0.3) is 0 Å². The molecule has 4 unspecified atom stereocenters. The fraction of sp³-hybridized carbons (Fsp3) is 0.500. The van der Waals surface area contributed by atoms with Crippen molar-refractivity contribution >= 4 is 28.7 Å². The largest absolute Gasteiger partial charge is 0.366 e. The first-order valence-electron chi connectivity index (χ1n) is 8.44. The minimum atomic E-state index is -0.776. The van der Waals surface area contributed by atoms with E-state index in [4.69, 9.17) is 10.7 Å². The van der Waals surface area contributed by atoms with Gasteiger partial charge >= 0.3 is 0 Å². The highest BCUT2D eigenvalue weighted by atomic mass is 32.2. The van der Waals surface area contributed by atoms with E-state index in [1.54, 1.807) is 18.2 Å². The third-order valence-corrected chi connectivity index (χ3v) is 6.87. The van der Waals surface area contributed by atoms with Crippen LogP contribution in [0.1, 0.15) is 48.5 Å². The number of carbonyl (C=O) groups excluding carboxylic acids is 2. The Morgan fingerprint density at radius 3 is 2.88 bits per heavy atom. The van der Waals surface area contributed by atoms with E-state index in [2.05, 4.69) is 5.32 Å². The van der Waals surface area contributed by atoms with Crippen LogP contribution in [-0.2, 0) is 9.54 Å². The molecule has 6 heteroatoms. The van der Waals surface area contributed by atoms with Crippen molar-refractivity contribution in [2.45, 2.75) is 43.4 Å². The van der Waals surface area contributed by atoms with Gasteiger partial charge in [-0.2, -0.15) is 0 Å². The number of amides is 2. The molecule has 5 nitrogen and oxygen atoms in total. The molecule has 126 valence electrons. The Morgan fingerprint density at radius 1 is 1.38 bits per heavy atom. The zero-order valence-corrected chi connectivity index (χ0v) is 14.4. The molecule has 4 rings (SSSR count). The summed E-state index contributed by atoms with van der Waals surface area (Å²) in [7, 11) is 0. The van der Waals surface area contributed by atoms with Gasteiger partial charge in [0.15, 0.2) is 5.17 Å². The van der Waals surface area contributed by atoms with E-state index < -0.39 is 10.7 Å². The number of nitrogens with two attached hydrogens (primary N) is 1. The van der Waals surface area contributed by atoms with E-state index in [1.807, 2.05) is 13.0 Å². The number of hydrogen-bond donors (Lipinski definition) is 2. The maximum Gasteiger partial charge on any atom is 0.248 e. The average molecular weight is 343 g/mol. The van der Waals surface area contributed by atoms with Gasteiger partial charge in [0.2, 0.25) is 11.8 Å². The first-order chi connectivity index (χ1) is 11.5. The zero-order chi connectivity index (χ0) is 16.9. The van der Waals surface area contributed by atoms with Gasteiger partial charge in [0.05, 0.1) is 6.04 Å². The smallest absolute Gasteiger partial charge is 0.248 e. The highest BCUT2D eigenvalue weighted by Crippen LogP contribution is 2.47. The number of fused-ring (bicyclic) bond motifs is 2. The van der Waals surface area contributed by atoms with Crippen LogP contribution in [0, 0.1) is 11.8 Å². The molecule has 4 atom stereocenters. The lowest BCUT2D eigenvalue weighted by molar-refractivity contribution is -0.121. The molecule has 1 aromatic carbocycles. The van der Waals surface area contributed by atoms with Gasteiger partial charge in [0, 0.05) is 5.56 Å². The van der Waals surface area contributed by atoms with Crippen molar-refractivity contribution < 1.29 is 9.59 Å². The molecule has 0 radical (unpaired) electrons. The number of aliphatic imine (C=N–C) groups is 1. The summed E-state index contributed by atoms with van der Waals surface area (Å²) in [5.41, 5.74) is 6.55. The summed E-state index contributed by atoms with van der Waals surface area (Å²) < 4.78 is -0.776. The van der Waals surface area contributed by atoms with Gasteiger partial charge in [-0.05, 0) is 55.7 Å². The molecule has 1 aromatic rings. The molecule has 2 amide bonds. The predicted molar refractivity (Wildman–Crippen MR) is 94.7 cm³/mol. The third-order valence-electron chi connectivity index (χ3n) is 5.64. The van der Waals surface area contributed by atoms with Gasteiger partial charge in [0.25, 0.3) is 0 Å². The van der Waals surface area contributed by atoms with Crippen LogP contribution in [0.3, 0.4) is 0 Å². The second-order valence-electron chi connectivity index (χ2n) is 7.21. The first kappa shape index (κ1) is 15.7. The maximum absolute atomic E-state index is 12.6. The Bertz CT molecular complexity index is 748. The van der Waals surface area contributed by atoms with E-state index in [9.17, 15) is 9.59 Å². The van der Waals surface area contributed by atoms with Crippen molar-refractivity contribution in [1.82, 2.24) is 5.32 Å². The molecule has 3 fully saturated rings. The number of primary amides is 1. The molecular formula is C18H21N3O2S. The maximum atomic E-state index is 12.6. The van der Waals surface area contributed by atoms with Crippen molar-refractivity contribution in [2.24, 2.45) is 22.6 Å². The number of benzene rings is 1. The molecule has 24 heavy (non-hydrogen) atoms. The highest BCUT2D eigenvalue weighted by Gasteiger charge is 2.46. The summed E-state index contributed by atoms with van der Waals surface area (Å²) in [6, 6.07) is 7.34. The molecule has 3 N–H and O–H groups in total. The summed E-state index contributed by atoms with van der Waals surface area (Å²) in [5.74, 6) is 0.936. The zero-order valence-electron chi connectivity index (χ0n) is 13.6. The normalized spacial score (nSPS) is 36.3. The highest BCUT2D eigenvalue weighted by molar-refractivity contribution is 8.15. The minimum Gasteiger partial charge on any atom is -0.366 e. The van der Waals surface area contributed by atoms with E-state index in [-0.39, 0.29) is 5.91 Å². The second-order valence-corrected chi connectivity index (χ2v) is 8.62. The van der Waals surface area contributed by atoms with E-state index in [0.29, 0.717) is 22.7 Å². The van der Waals surface area contributed by atoms with Crippen molar-refractivity contribution in [2.75, 3.05) is 0 Å². The van der Waals surface area contributed by atoms with Gasteiger partial charge in [-0.25, -0.2) is 0 Å². The van der Waals surface area contributed by atoms with Crippen LogP contribution >= 0.6 is 11.8 Å². The number of carbonyl (C=O) groups is 2. The third kappa shape index (κ3) is 2.53. The molecule has 0 aromatic heterocycles. The predicted octanol–water partition coefficient (Wildman–Crippen LogP) is 2.41. The summed E-state index contributed by atoms with van der Waals surface area (Å²) in [6.45, 7) is 1.87. The van der Waals surface area contributed by atoms with E-state index >= 15 is 0 Å². The molecule has 0 spiro atoms. The number of amidine groups is 1. The monoisotopic (exact) mass is 343 g/mol. The standard InChI is InChI=1S/C18H21N3O2S/c1-18(13-4-2-3-12(9-13)15(19)22)16(23)21-17(24-18)20-14-8-10-5-6-11(14)7-10/h2-4,9-11,14H,5-8H2,1H3,(H2,19,22)(H,20,21,23). The van der Waals surface area contributed by atoms with Gasteiger partial charge in [-0.1, -0.05) is 30.3 Å². The molecule has 1 saturated heterocycles. The lowest BCUT2D eigenvalue weighted by atomic mass is 9.96. The van der Waals surface area contributed by atoms with Crippen LogP contribution in [0.2, 0.25) is 0 Å². The number of rotatable bonds is 3. The SMILES string of the molecule is CC1(c2cccc(C(N)=O)c2)SC(=NC2CC3CCC2C3)NC1=O. The number of thioether (sulfide) groups is 1. The van der Waals surface area contributed by atoms with Gasteiger partial charge in [-0.15, -0.1) is 0 Å². The van der Waals surface area contributed by atoms with Crippen molar-refractivity contribution in [3.05, 3.63) is 35.4 Å². The minimum absolute atomic E-state index is 0.0870. The van der Waals surface area contributed by atoms with E-state index in [0.717, 1.165) is 17.9 Å². The second kappa shape index (κ2) is 5.62. The molecule has 3 aliphatic rings. The van der Waals surface area contributed by atoms with Crippen molar-refractivity contribution in [1.29, 1.82) is 0 Å². The fourth-order valence-corrected chi connectivity index (χ4v) is 5.33. The fourth-order valence-electron chi connectivity index (χ4n) is 4.22. The lowest BCUT2D eigenvalue weighted by Crippen LogP contribution is -2.32. The Kier molecular flexibility index (Phi) is 3.67. The summed E-state index contributed by atoms with van der Waals surface area (Å²) in [5, 5.41) is 3.65. The van der Waals surface area contributed by atoms with E-state index in [1.165, 1.54) is 31.0 Å². The number of nitrogens with zero attached hydrogens (tertiary/aromatic N) is 1. The molecule has 1 heterocycles. The Morgan fingerprint density at radius 2 is 2.21 bits per heavy atom. The summed E-state index contributed by atoms with van der Waals surface area (Å²) in [6.07, 6.45) is 5.04. The van der Waals surface area contributed by atoms with Crippen LogP contribution in [0.5, 0.6) is 0 Å². The number of nitrogens with one attached hydrogen (secondary N) is 1. The molecule has 2 bridgehead atoms. The van der Waals surface area contributed by atoms with Crippen LogP contribution in [-0.4, -0.2) is 23.0 Å². The Hall–Kier alpha value is -1.82. The molecular weight excluding hydrogens is 322 g/mol. The Labute approximate surface area is 145 Å². The first-order valence-corrected chi connectivity index (χ1v) is 9.26. The van der Waals surface area contributed by atoms with Gasteiger partial charge in [0.1, 0.15) is 4.75 Å². The average Bonchev–Trinajstić information content (AvgIpc) is 3.24. The van der Waals surface area contributed by atoms with Crippen LogP contribution < -0.4 is 11.1 Å². The van der Waals surface area contributed by atoms with Gasteiger partial charge < -0.3 is 11.1 Å². The quantitative estimate of drug-likeness (QED) is 0.884. The summed E-state index contributed by atoms with van der Waals surface area (Å²) >= 11 is 1.45. The molecule has 2 aliphatic carbocycles. The lowest BCUT2D eigenvalue weighted by Gasteiger charge is -2.20.